The Hall–Kier alpha value is -3.16. The molecule has 0 spiro atoms. The minimum atomic E-state index is -1.02. The fraction of sp³-hybridized carbons (Fsp3) is 0.0909. The molecule has 0 aromatic heterocycles. The van der Waals surface area contributed by atoms with Crippen LogP contribution >= 0.6 is 0 Å². The zero-order chi connectivity index (χ0) is 18.7. The Morgan fingerprint density at radius 1 is 0.885 bits per heavy atom. The van der Waals surface area contributed by atoms with Crippen LogP contribution in [0.3, 0.4) is 0 Å². The summed E-state index contributed by atoms with van der Waals surface area (Å²) in [7, 11) is -1.02. The Kier molecular flexibility index (Phi) is 5.01. The van der Waals surface area contributed by atoms with Crippen molar-refractivity contribution in [3.63, 3.8) is 0 Å². The smallest absolute Gasteiger partial charge is 0.336 e. The van der Waals surface area contributed by atoms with E-state index < -0.39 is 14.8 Å². The number of nitriles is 1. The lowest BCUT2D eigenvalue weighted by atomic mass is 9.96. The largest absolute Gasteiger partial charge is 0.478 e. The van der Waals surface area contributed by atoms with Crippen molar-refractivity contribution in [3.8, 4) is 28.3 Å². The molecule has 0 saturated heterocycles. The van der Waals surface area contributed by atoms with Gasteiger partial charge in [-0.2, -0.15) is 5.26 Å². The van der Waals surface area contributed by atoms with Gasteiger partial charge in [0.1, 0.15) is 0 Å². The average Bonchev–Trinajstić information content (AvgIpc) is 2.67. The fourth-order valence-corrected chi connectivity index (χ4v) is 3.91. The normalized spacial score (nSPS) is 10.5. The molecule has 0 fully saturated rings. The van der Waals surface area contributed by atoms with Gasteiger partial charge < -0.3 is 5.11 Å². The molecular formula is C22H19NO2Si. The maximum Gasteiger partial charge on any atom is 0.336 e. The van der Waals surface area contributed by atoms with Crippen LogP contribution in [0.4, 0.5) is 0 Å². The summed E-state index contributed by atoms with van der Waals surface area (Å²) in [5.74, 6) is -0.909. The van der Waals surface area contributed by atoms with E-state index in [0.717, 1.165) is 22.3 Å². The van der Waals surface area contributed by atoms with Gasteiger partial charge in [0.15, 0.2) is 0 Å². The van der Waals surface area contributed by atoms with Crippen LogP contribution in [0.25, 0.3) is 22.3 Å². The van der Waals surface area contributed by atoms with Crippen LogP contribution in [0.1, 0.15) is 15.9 Å². The highest BCUT2D eigenvalue weighted by molar-refractivity contribution is 6.70. The molecule has 0 unspecified atom stereocenters. The SMILES string of the molecule is C[SiH](C)c1ccc(C(=O)O)c(-c2ccc(-c3ccc(C#N)cc3)cc2)c1. The van der Waals surface area contributed by atoms with Gasteiger partial charge in [-0.15, -0.1) is 0 Å². The first-order valence-electron chi connectivity index (χ1n) is 8.48. The molecule has 0 amide bonds. The molecular weight excluding hydrogens is 338 g/mol. The summed E-state index contributed by atoms with van der Waals surface area (Å²) < 4.78 is 0. The standard InChI is InChI=1S/C22H19NO2Si/c1-26(2)19-11-12-20(22(24)25)21(13-19)18-9-7-17(8-10-18)16-5-3-15(14-23)4-6-16/h3-13,26H,1-2H3,(H,24,25). The van der Waals surface area contributed by atoms with Crippen molar-refractivity contribution in [2.24, 2.45) is 0 Å². The first-order chi connectivity index (χ1) is 12.5. The quantitative estimate of drug-likeness (QED) is 0.709. The monoisotopic (exact) mass is 357 g/mol. The van der Waals surface area contributed by atoms with E-state index in [4.69, 9.17) is 5.26 Å². The minimum Gasteiger partial charge on any atom is -0.478 e. The number of carboxylic acids is 1. The highest BCUT2D eigenvalue weighted by atomic mass is 28.3. The third-order valence-corrected chi connectivity index (χ3v) is 6.18. The second kappa shape index (κ2) is 7.38. The molecule has 0 heterocycles. The molecule has 3 nitrogen and oxygen atoms in total. The third kappa shape index (κ3) is 3.58. The molecule has 0 aliphatic rings. The van der Waals surface area contributed by atoms with Gasteiger partial charge in [-0.25, -0.2) is 4.79 Å². The summed E-state index contributed by atoms with van der Waals surface area (Å²) in [4.78, 5) is 11.6. The zero-order valence-corrected chi connectivity index (χ0v) is 15.9. The maximum absolute atomic E-state index is 11.6. The first-order valence-corrected chi connectivity index (χ1v) is 11.4. The highest BCUT2D eigenvalue weighted by Gasteiger charge is 2.14. The number of carboxylic acid groups (broad SMARTS) is 1. The number of carbonyl (C=O) groups is 1. The lowest BCUT2D eigenvalue weighted by Crippen LogP contribution is -2.23. The van der Waals surface area contributed by atoms with Crippen LogP contribution < -0.4 is 5.19 Å². The summed E-state index contributed by atoms with van der Waals surface area (Å²) in [5, 5.41) is 19.7. The second-order valence-corrected chi connectivity index (χ2v) is 9.51. The summed E-state index contributed by atoms with van der Waals surface area (Å²) in [6, 6.07) is 23.1. The van der Waals surface area contributed by atoms with Gasteiger partial charge in [0, 0.05) is 0 Å². The van der Waals surface area contributed by atoms with Gasteiger partial charge >= 0.3 is 5.97 Å². The van der Waals surface area contributed by atoms with Crippen molar-refractivity contribution in [1.29, 1.82) is 5.26 Å². The van der Waals surface area contributed by atoms with E-state index in [1.54, 1.807) is 18.2 Å². The van der Waals surface area contributed by atoms with E-state index in [2.05, 4.69) is 19.2 Å². The van der Waals surface area contributed by atoms with Gasteiger partial charge in [-0.1, -0.05) is 66.8 Å². The molecule has 0 atom stereocenters. The average molecular weight is 357 g/mol. The lowest BCUT2D eigenvalue weighted by molar-refractivity contribution is 0.0698. The van der Waals surface area contributed by atoms with Crippen molar-refractivity contribution in [1.82, 2.24) is 0 Å². The van der Waals surface area contributed by atoms with Gasteiger partial charge in [-0.05, 0) is 40.5 Å². The topological polar surface area (TPSA) is 61.1 Å². The van der Waals surface area contributed by atoms with Crippen LogP contribution in [0.15, 0.2) is 66.7 Å². The predicted molar refractivity (Wildman–Crippen MR) is 107 cm³/mol. The molecule has 0 radical (unpaired) electrons. The van der Waals surface area contributed by atoms with E-state index in [0.29, 0.717) is 11.1 Å². The summed E-state index contributed by atoms with van der Waals surface area (Å²) >= 11 is 0. The molecule has 3 aromatic carbocycles. The molecule has 3 aromatic rings. The fourth-order valence-electron chi connectivity index (χ4n) is 2.93. The van der Waals surface area contributed by atoms with E-state index in [1.165, 1.54) is 5.19 Å². The number of nitrogens with zero attached hydrogens (tertiary/aromatic N) is 1. The van der Waals surface area contributed by atoms with Gasteiger partial charge in [-0.3, -0.25) is 0 Å². The van der Waals surface area contributed by atoms with E-state index in [-0.39, 0.29) is 0 Å². The van der Waals surface area contributed by atoms with Crippen LogP contribution in [0.2, 0.25) is 13.1 Å². The van der Waals surface area contributed by atoms with E-state index in [9.17, 15) is 9.90 Å². The molecule has 0 bridgehead atoms. The predicted octanol–water partition coefficient (Wildman–Crippen LogP) is 4.28. The Morgan fingerprint density at radius 3 is 1.92 bits per heavy atom. The Morgan fingerprint density at radius 2 is 1.42 bits per heavy atom. The van der Waals surface area contributed by atoms with Crippen LogP contribution in [0.5, 0.6) is 0 Å². The number of aromatic carboxylic acids is 1. The summed E-state index contributed by atoms with van der Waals surface area (Å²) in [6.07, 6.45) is 0. The van der Waals surface area contributed by atoms with Crippen molar-refractivity contribution in [2.45, 2.75) is 13.1 Å². The first kappa shape index (κ1) is 17.7. The molecule has 128 valence electrons. The Balaban J connectivity index is 2.01. The zero-order valence-electron chi connectivity index (χ0n) is 14.7. The number of hydrogen-bond acceptors (Lipinski definition) is 2. The number of hydrogen-bond donors (Lipinski definition) is 1. The Bertz CT molecular complexity index is 984. The van der Waals surface area contributed by atoms with Crippen LogP contribution in [0, 0.1) is 11.3 Å². The van der Waals surface area contributed by atoms with Gasteiger partial charge in [0.25, 0.3) is 0 Å². The molecule has 26 heavy (non-hydrogen) atoms. The lowest BCUT2D eigenvalue weighted by Gasteiger charge is -2.12. The second-order valence-electron chi connectivity index (χ2n) is 6.53. The third-order valence-electron chi connectivity index (χ3n) is 4.48. The Labute approximate surface area is 154 Å². The number of benzene rings is 3. The van der Waals surface area contributed by atoms with Crippen molar-refractivity contribution >= 4 is 20.0 Å². The molecule has 1 N–H and O–H groups in total. The molecule has 0 saturated carbocycles. The van der Waals surface area contributed by atoms with Crippen molar-refractivity contribution in [2.75, 3.05) is 0 Å². The molecule has 0 aliphatic carbocycles. The summed E-state index contributed by atoms with van der Waals surface area (Å²) in [6.45, 7) is 4.46. The maximum atomic E-state index is 11.6. The van der Waals surface area contributed by atoms with Crippen LogP contribution in [-0.2, 0) is 0 Å². The van der Waals surface area contributed by atoms with Crippen LogP contribution in [-0.4, -0.2) is 19.9 Å². The van der Waals surface area contributed by atoms with E-state index >= 15 is 0 Å². The van der Waals surface area contributed by atoms with E-state index in [1.807, 2.05) is 48.5 Å². The van der Waals surface area contributed by atoms with Crippen molar-refractivity contribution in [3.05, 3.63) is 77.9 Å². The van der Waals surface area contributed by atoms with Crippen molar-refractivity contribution < 1.29 is 9.90 Å². The molecule has 3 rings (SSSR count). The molecule has 0 aliphatic heterocycles. The minimum absolute atomic E-state index is 0.328. The van der Waals surface area contributed by atoms with Gasteiger partial charge in [0.2, 0.25) is 0 Å². The highest BCUT2D eigenvalue weighted by Crippen LogP contribution is 2.27. The summed E-state index contributed by atoms with van der Waals surface area (Å²) in [5.41, 5.74) is 4.68. The molecule has 4 heteroatoms. The van der Waals surface area contributed by atoms with Gasteiger partial charge in [0.05, 0.1) is 26.0 Å². The number of rotatable bonds is 4.